The minimum atomic E-state index is -0.326. The molecule has 1 amide bonds. The Morgan fingerprint density at radius 3 is 2.62 bits per heavy atom. The maximum Gasteiger partial charge on any atom is 0.261 e. The van der Waals surface area contributed by atoms with E-state index in [9.17, 15) is 9.59 Å². The van der Waals surface area contributed by atoms with E-state index in [0.29, 0.717) is 6.54 Å². The first kappa shape index (κ1) is 16.5. The number of carbonyl (C=O) groups excluding carboxylic acids is 1. The average Bonchev–Trinajstić information content (AvgIpc) is 3.14. The second-order valence-electron chi connectivity index (χ2n) is 6.13. The zero-order chi connectivity index (χ0) is 16.9. The standard InChI is InChI=1S/C19H23N3O2/c1-2-12-22(15-10-11-20-13-15)19(24)16-8-9-17(21-18(16)23)14-6-4-3-5-7-14/h3-9,15,20H,2,10-13H2,1H3,(H,21,23). The SMILES string of the molecule is CCCN(C(=O)c1ccc(-c2ccccc2)[nH]c1=O)C1CCNC1. The molecule has 1 aromatic heterocycles. The third-order valence-corrected chi connectivity index (χ3v) is 4.43. The number of amides is 1. The van der Waals surface area contributed by atoms with E-state index in [0.717, 1.165) is 37.2 Å². The van der Waals surface area contributed by atoms with Crippen LogP contribution in [-0.2, 0) is 0 Å². The molecular formula is C19H23N3O2. The monoisotopic (exact) mass is 325 g/mol. The van der Waals surface area contributed by atoms with E-state index >= 15 is 0 Å². The van der Waals surface area contributed by atoms with Gasteiger partial charge in [0.25, 0.3) is 11.5 Å². The van der Waals surface area contributed by atoms with Crippen LogP contribution in [0.3, 0.4) is 0 Å². The highest BCUT2D eigenvalue weighted by Crippen LogP contribution is 2.16. The number of H-pyrrole nitrogens is 1. The van der Waals surface area contributed by atoms with Crippen LogP contribution in [0.15, 0.2) is 47.3 Å². The Morgan fingerprint density at radius 2 is 2.00 bits per heavy atom. The molecule has 1 aliphatic heterocycles. The van der Waals surface area contributed by atoms with Crippen molar-refractivity contribution >= 4 is 5.91 Å². The zero-order valence-electron chi connectivity index (χ0n) is 13.9. The molecule has 1 saturated heterocycles. The van der Waals surface area contributed by atoms with Crippen LogP contribution >= 0.6 is 0 Å². The molecule has 0 radical (unpaired) electrons. The summed E-state index contributed by atoms with van der Waals surface area (Å²) in [5.74, 6) is -0.175. The van der Waals surface area contributed by atoms with Crippen molar-refractivity contribution in [3.8, 4) is 11.3 Å². The summed E-state index contributed by atoms with van der Waals surface area (Å²) in [6.07, 6.45) is 1.81. The molecule has 126 valence electrons. The summed E-state index contributed by atoms with van der Waals surface area (Å²) in [6, 6.07) is 13.3. The number of rotatable bonds is 5. The second-order valence-corrected chi connectivity index (χ2v) is 6.13. The van der Waals surface area contributed by atoms with Gasteiger partial charge in [-0.25, -0.2) is 0 Å². The first-order valence-corrected chi connectivity index (χ1v) is 8.51. The average molecular weight is 325 g/mol. The summed E-state index contributed by atoms with van der Waals surface area (Å²) < 4.78 is 0. The highest BCUT2D eigenvalue weighted by molar-refractivity contribution is 5.94. The summed E-state index contributed by atoms with van der Waals surface area (Å²) in [7, 11) is 0. The fourth-order valence-corrected chi connectivity index (χ4v) is 3.18. The molecule has 5 nitrogen and oxygen atoms in total. The van der Waals surface area contributed by atoms with Crippen LogP contribution in [0.2, 0.25) is 0 Å². The normalized spacial score (nSPS) is 17.0. The smallest absolute Gasteiger partial charge is 0.261 e. The molecule has 5 heteroatoms. The maximum absolute atomic E-state index is 12.9. The molecule has 1 fully saturated rings. The molecule has 1 unspecified atom stereocenters. The van der Waals surface area contributed by atoms with Crippen LogP contribution < -0.4 is 10.9 Å². The van der Waals surface area contributed by atoms with Gasteiger partial charge in [0.1, 0.15) is 5.56 Å². The number of hydrogen-bond acceptors (Lipinski definition) is 3. The molecule has 2 aromatic rings. The fraction of sp³-hybridized carbons (Fsp3) is 0.368. The minimum absolute atomic E-state index is 0.172. The summed E-state index contributed by atoms with van der Waals surface area (Å²) in [5.41, 5.74) is 1.55. The van der Waals surface area contributed by atoms with E-state index in [-0.39, 0.29) is 23.1 Å². The maximum atomic E-state index is 12.9. The third kappa shape index (κ3) is 3.41. The zero-order valence-corrected chi connectivity index (χ0v) is 13.9. The molecule has 0 bridgehead atoms. The van der Waals surface area contributed by atoms with Crippen molar-refractivity contribution < 1.29 is 4.79 Å². The molecule has 1 aromatic carbocycles. The van der Waals surface area contributed by atoms with E-state index in [1.807, 2.05) is 42.2 Å². The van der Waals surface area contributed by atoms with Gasteiger partial charge in [0.2, 0.25) is 0 Å². The van der Waals surface area contributed by atoms with Crippen LogP contribution in [-0.4, -0.2) is 41.5 Å². The Kier molecular flexibility index (Phi) is 5.11. The van der Waals surface area contributed by atoms with Crippen molar-refractivity contribution in [2.75, 3.05) is 19.6 Å². The number of carbonyl (C=O) groups is 1. The molecule has 0 aliphatic carbocycles. The molecule has 2 N–H and O–H groups in total. The number of aromatic amines is 1. The lowest BCUT2D eigenvalue weighted by Gasteiger charge is -2.28. The Hall–Kier alpha value is -2.40. The number of benzene rings is 1. The lowest BCUT2D eigenvalue weighted by molar-refractivity contribution is 0.0690. The van der Waals surface area contributed by atoms with Crippen LogP contribution in [0.4, 0.5) is 0 Å². The van der Waals surface area contributed by atoms with E-state index < -0.39 is 0 Å². The van der Waals surface area contributed by atoms with E-state index in [1.165, 1.54) is 0 Å². The highest BCUT2D eigenvalue weighted by Gasteiger charge is 2.28. The van der Waals surface area contributed by atoms with Gasteiger partial charge >= 0.3 is 0 Å². The molecular weight excluding hydrogens is 302 g/mol. The Morgan fingerprint density at radius 1 is 1.21 bits per heavy atom. The van der Waals surface area contributed by atoms with Gasteiger partial charge in [-0.1, -0.05) is 37.3 Å². The Balaban J connectivity index is 1.88. The summed E-state index contributed by atoms with van der Waals surface area (Å²) in [4.78, 5) is 30.0. The van der Waals surface area contributed by atoms with Gasteiger partial charge in [0.05, 0.1) is 0 Å². The largest absolute Gasteiger partial charge is 0.334 e. The van der Waals surface area contributed by atoms with Gasteiger partial charge < -0.3 is 15.2 Å². The van der Waals surface area contributed by atoms with Gasteiger partial charge in [-0.15, -0.1) is 0 Å². The third-order valence-electron chi connectivity index (χ3n) is 4.43. The molecule has 1 atom stereocenters. The van der Waals surface area contributed by atoms with Gasteiger partial charge in [0, 0.05) is 24.8 Å². The van der Waals surface area contributed by atoms with Crippen molar-refractivity contribution in [3.05, 3.63) is 58.4 Å². The lowest BCUT2D eigenvalue weighted by atomic mass is 10.1. The van der Waals surface area contributed by atoms with Gasteiger partial charge in [-0.05, 0) is 37.1 Å². The van der Waals surface area contributed by atoms with Crippen LogP contribution in [0.5, 0.6) is 0 Å². The predicted molar refractivity (Wildman–Crippen MR) is 95.1 cm³/mol. The number of aromatic nitrogens is 1. The van der Waals surface area contributed by atoms with Crippen molar-refractivity contribution in [2.45, 2.75) is 25.8 Å². The van der Waals surface area contributed by atoms with Crippen molar-refractivity contribution in [3.63, 3.8) is 0 Å². The van der Waals surface area contributed by atoms with Crippen LogP contribution in [0.25, 0.3) is 11.3 Å². The molecule has 0 saturated carbocycles. The first-order chi connectivity index (χ1) is 11.7. The number of nitrogens with one attached hydrogen (secondary N) is 2. The topological polar surface area (TPSA) is 65.2 Å². The molecule has 1 aliphatic rings. The summed E-state index contributed by atoms with van der Waals surface area (Å²) >= 11 is 0. The quantitative estimate of drug-likeness (QED) is 0.886. The molecule has 0 spiro atoms. The number of hydrogen-bond donors (Lipinski definition) is 2. The Bertz CT molecular complexity index is 749. The van der Waals surface area contributed by atoms with E-state index in [2.05, 4.69) is 10.3 Å². The molecule has 2 heterocycles. The first-order valence-electron chi connectivity index (χ1n) is 8.51. The van der Waals surface area contributed by atoms with E-state index in [4.69, 9.17) is 0 Å². The van der Waals surface area contributed by atoms with Crippen molar-refractivity contribution in [2.24, 2.45) is 0 Å². The minimum Gasteiger partial charge on any atom is -0.334 e. The van der Waals surface area contributed by atoms with Crippen molar-refractivity contribution in [1.82, 2.24) is 15.2 Å². The van der Waals surface area contributed by atoms with Crippen LogP contribution in [0.1, 0.15) is 30.1 Å². The Labute approximate surface area is 141 Å². The van der Waals surface area contributed by atoms with Gasteiger partial charge in [-0.2, -0.15) is 0 Å². The van der Waals surface area contributed by atoms with Gasteiger partial charge in [0.15, 0.2) is 0 Å². The fourth-order valence-electron chi connectivity index (χ4n) is 3.18. The van der Waals surface area contributed by atoms with Gasteiger partial charge in [-0.3, -0.25) is 9.59 Å². The lowest BCUT2D eigenvalue weighted by Crippen LogP contribution is -2.43. The molecule has 3 rings (SSSR count). The summed E-state index contributed by atoms with van der Waals surface area (Å²) in [6.45, 7) is 4.43. The molecule has 24 heavy (non-hydrogen) atoms. The van der Waals surface area contributed by atoms with Crippen LogP contribution in [0, 0.1) is 0 Å². The van der Waals surface area contributed by atoms with E-state index in [1.54, 1.807) is 12.1 Å². The highest BCUT2D eigenvalue weighted by atomic mass is 16.2. The number of pyridine rings is 1. The second kappa shape index (κ2) is 7.45. The van der Waals surface area contributed by atoms with Crippen molar-refractivity contribution in [1.29, 1.82) is 0 Å². The number of nitrogens with zero attached hydrogens (tertiary/aromatic N) is 1. The summed E-state index contributed by atoms with van der Waals surface area (Å²) in [5, 5.41) is 3.28. The predicted octanol–water partition coefficient (Wildman–Crippen LogP) is 2.26.